The standard InChI is InChI=1S/C21H39N5O6S/c1-11(2)8-15(25-18(28)13(22)10-17(23)27)20(30)24-14(6-7-33-5)19(29)26-16(21(31)32)9-12(3)4/h11-16H,6-10,22H2,1-5H3,(H2,23,27)(H,24,30)(H,25,28)(H,26,29)(H,31,32). The lowest BCUT2D eigenvalue weighted by Gasteiger charge is -2.26. The molecule has 33 heavy (non-hydrogen) atoms. The van der Waals surface area contributed by atoms with Crippen LogP contribution in [0.2, 0.25) is 0 Å². The Morgan fingerprint density at radius 1 is 0.818 bits per heavy atom. The molecule has 12 heteroatoms. The number of carbonyl (C=O) groups excluding carboxylic acids is 4. The van der Waals surface area contributed by atoms with Gasteiger partial charge in [0.2, 0.25) is 23.6 Å². The number of nitrogens with two attached hydrogens (primary N) is 2. The maximum absolute atomic E-state index is 13.0. The van der Waals surface area contributed by atoms with Crippen LogP contribution in [-0.4, -0.2) is 70.9 Å². The molecule has 4 unspecified atom stereocenters. The average Bonchev–Trinajstić information content (AvgIpc) is 2.68. The Kier molecular flexibility index (Phi) is 14.4. The molecule has 0 rings (SSSR count). The van der Waals surface area contributed by atoms with Gasteiger partial charge in [-0.2, -0.15) is 11.8 Å². The maximum atomic E-state index is 13.0. The third kappa shape index (κ3) is 13.1. The molecule has 0 saturated carbocycles. The van der Waals surface area contributed by atoms with E-state index < -0.39 is 53.8 Å². The summed E-state index contributed by atoms with van der Waals surface area (Å²) < 4.78 is 0. The van der Waals surface area contributed by atoms with E-state index >= 15 is 0 Å². The number of carbonyl (C=O) groups is 5. The molecule has 0 aromatic rings. The first-order chi connectivity index (χ1) is 15.3. The molecule has 8 N–H and O–H groups in total. The summed E-state index contributed by atoms with van der Waals surface area (Å²) in [5, 5.41) is 17.1. The van der Waals surface area contributed by atoms with Crippen molar-refractivity contribution in [2.45, 2.75) is 77.5 Å². The first-order valence-electron chi connectivity index (χ1n) is 10.9. The summed E-state index contributed by atoms with van der Waals surface area (Å²) >= 11 is 1.47. The van der Waals surface area contributed by atoms with Crippen LogP contribution in [-0.2, 0) is 24.0 Å². The normalized spacial score (nSPS) is 14.8. The largest absolute Gasteiger partial charge is 0.480 e. The highest BCUT2D eigenvalue weighted by atomic mass is 32.2. The second-order valence-electron chi connectivity index (χ2n) is 8.84. The van der Waals surface area contributed by atoms with Gasteiger partial charge in [0.05, 0.1) is 12.5 Å². The molecule has 4 atom stereocenters. The van der Waals surface area contributed by atoms with E-state index in [4.69, 9.17) is 11.5 Å². The highest BCUT2D eigenvalue weighted by Crippen LogP contribution is 2.10. The number of thioether (sulfide) groups is 1. The van der Waals surface area contributed by atoms with E-state index in [-0.39, 0.29) is 37.5 Å². The second-order valence-corrected chi connectivity index (χ2v) is 9.82. The second kappa shape index (κ2) is 15.5. The Bertz CT molecular complexity index is 688. The van der Waals surface area contributed by atoms with Crippen LogP contribution in [0.25, 0.3) is 0 Å². The van der Waals surface area contributed by atoms with E-state index in [0.717, 1.165) is 0 Å². The summed E-state index contributed by atoms with van der Waals surface area (Å²) in [5.41, 5.74) is 10.7. The number of carboxylic acid groups (broad SMARTS) is 1. The van der Waals surface area contributed by atoms with E-state index in [9.17, 15) is 29.1 Å². The SMILES string of the molecule is CSCCC(NC(=O)C(CC(C)C)NC(=O)C(N)CC(N)=O)C(=O)NC(CC(C)C)C(=O)O. The minimum Gasteiger partial charge on any atom is -0.480 e. The predicted molar refractivity (Wildman–Crippen MR) is 127 cm³/mol. The van der Waals surface area contributed by atoms with Gasteiger partial charge in [0.25, 0.3) is 0 Å². The fourth-order valence-electron chi connectivity index (χ4n) is 3.03. The molecule has 0 spiro atoms. The van der Waals surface area contributed by atoms with Crippen LogP contribution < -0.4 is 27.4 Å². The molecule has 4 amide bonds. The Labute approximate surface area is 199 Å². The van der Waals surface area contributed by atoms with E-state index in [1.165, 1.54) is 11.8 Å². The summed E-state index contributed by atoms with van der Waals surface area (Å²) in [6.07, 6.45) is 2.26. The zero-order chi connectivity index (χ0) is 25.7. The van der Waals surface area contributed by atoms with Crippen molar-refractivity contribution < 1.29 is 29.1 Å². The van der Waals surface area contributed by atoms with Crippen molar-refractivity contribution in [3.05, 3.63) is 0 Å². The molecule has 0 heterocycles. The molecule has 0 aliphatic heterocycles. The number of hydrogen-bond acceptors (Lipinski definition) is 7. The summed E-state index contributed by atoms with van der Waals surface area (Å²) in [6.45, 7) is 7.41. The van der Waals surface area contributed by atoms with Crippen LogP contribution in [0.5, 0.6) is 0 Å². The molecule has 0 bridgehead atoms. The maximum Gasteiger partial charge on any atom is 0.326 e. The molecule has 0 saturated heterocycles. The van der Waals surface area contributed by atoms with Crippen molar-refractivity contribution in [1.82, 2.24) is 16.0 Å². The van der Waals surface area contributed by atoms with Gasteiger partial charge in [0.15, 0.2) is 0 Å². The molecule has 0 aromatic heterocycles. The lowest BCUT2D eigenvalue weighted by molar-refractivity contribution is -0.142. The van der Waals surface area contributed by atoms with Gasteiger partial charge in [0.1, 0.15) is 18.1 Å². The van der Waals surface area contributed by atoms with Gasteiger partial charge < -0.3 is 32.5 Å². The predicted octanol–water partition coefficient (Wildman–Crippen LogP) is -0.427. The highest BCUT2D eigenvalue weighted by molar-refractivity contribution is 7.98. The topological polar surface area (TPSA) is 194 Å². The van der Waals surface area contributed by atoms with Crippen molar-refractivity contribution in [1.29, 1.82) is 0 Å². The first-order valence-corrected chi connectivity index (χ1v) is 12.3. The smallest absolute Gasteiger partial charge is 0.326 e. The van der Waals surface area contributed by atoms with E-state index in [1.54, 1.807) is 0 Å². The van der Waals surface area contributed by atoms with Crippen molar-refractivity contribution in [3.8, 4) is 0 Å². The van der Waals surface area contributed by atoms with Crippen LogP contribution in [0.3, 0.4) is 0 Å². The van der Waals surface area contributed by atoms with E-state index in [0.29, 0.717) is 5.75 Å². The Hall–Kier alpha value is -2.34. The van der Waals surface area contributed by atoms with E-state index in [1.807, 2.05) is 34.0 Å². The monoisotopic (exact) mass is 489 g/mol. The Morgan fingerprint density at radius 2 is 1.27 bits per heavy atom. The number of carboxylic acids is 1. The summed E-state index contributed by atoms with van der Waals surface area (Å²) in [6, 6.07) is -4.26. The van der Waals surface area contributed by atoms with Crippen LogP contribution in [0, 0.1) is 11.8 Å². The van der Waals surface area contributed by atoms with Gasteiger partial charge in [0, 0.05) is 0 Å². The summed E-state index contributed by atoms with van der Waals surface area (Å²) in [5.74, 6) is -3.19. The third-order valence-corrected chi connectivity index (χ3v) is 5.31. The molecule has 0 aromatic carbocycles. The summed E-state index contributed by atoms with van der Waals surface area (Å²) in [4.78, 5) is 60.7. The molecule has 11 nitrogen and oxygen atoms in total. The van der Waals surface area contributed by atoms with Crippen molar-refractivity contribution in [3.63, 3.8) is 0 Å². The number of nitrogens with one attached hydrogen (secondary N) is 3. The van der Waals surface area contributed by atoms with Gasteiger partial charge >= 0.3 is 5.97 Å². The van der Waals surface area contributed by atoms with Crippen molar-refractivity contribution in [2.24, 2.45) is 23.3 Å². The number of amides is 4. The van der Waals surface area contributed by atoms with E-state index in [2.05, 4.69) is 16.0 Å². The van der Waals surface area contributed by atoms with Crippen molar-refractivity contribution >= 4 is 41.4 Å². The minimum absolute atomic E-state index is 0.0225. The van der Waals surface area contributed by atoms with Crippen LogP contribution in [0.1, 0.15) is 53.4 Å². The molecule has 0 radical (unpaired) electrons. The zero-order valence-corrected chi connectivity index (χ0v) is 20.9. The van der Waals surface area contributed by atoms with Crippen LogP contribution in [0.15, 0.2) is 0 Å². The zero-order valence-electron chi connectivity index (χ0n) is 20.1. The van der Waals surface area contributed by atoms with Crippen LogP contribution in [0.4, 0.5) is 0 Å². The Balaban J connectivity index is 5.47. The summed E-state index contributed by atoms with van der Waals surface area (Å²) in [7, 11) is 0. The average molecular weight is 490 g/mol. The lowest BCUT2D eigenvalue weighted by Crippen LogP contribution is -2.57. The molecule has 0 aliphatic rings. The van der Waals surface area contributed by atoms with Gasteiger partial charge in [-0.25, -0.2) is 4.79 Å². The lowest BCUT2D eigenvalue weighted by atomic mass is 10.0. The third-order valence-electron chi connectivity index (χ3n) is 4.66. The fraction of sp³-hybridized carbons (Fsp3) is 0.762. The fourth-order valence-corrected chi connectivity index (χ4v) is 3.50. The minimum atomic E-state index is -1.20. The van der Waals surface area contributed by atoms with Gasteiger partial charge in [-0.3, -0.25) is 19.2 Å². The number of aliphatic carboxylic acids is 1. The van der Waals surface area contributed by atoms with Crippen LogP contribution >= 0.6 is 11.8 Å². The molecule has 190 valence electrons. The highest BCUT2D eigenvalue weighted by Gasteiger charge is 2.31. The Morgan fingerprint density at radius 3 is 1.73 bits per heavy atom. The quantitative estimate of drug-likeness (QED) is 0.168. The molecular formula is C21H39N5O6S. The van der Waals surface area contributed by atoms with Gasteiger partial charge in [-0.1, -0.05) is 27.7 Å². The molecule has 0 aliphatic carbocycles. The first kappa shape index (κ1) is 30.7. The number of hydrogen-bond donors (Lipinski definition) is 6. The number of rotatable bonds is 16. The molecular weight excluding hydrogens is 450 g/mol. The van der Waals surface area contributed by atoms with Gasteiger partial charge in [-0.15, -0.1) is 0 Å². The number of primary amides is 1. The molecule has 0 fully saturated rings. The van der Waals surface area contributed by atoms with Gasteiger partial charge in [-0.05, 0) is 43.1 Å². The van der Waals surface area contributed by atoms with Crippen molar-refractivity contribution in [2.75, 3.05) is 12.0 Å².